The first-order valence-corrected chi connectivity index (χ1v) is 7.79. The molecule has 3 N–H and O–H groups in total. The van der Waals surface area contributed by atoms with E-state index in [1.807, 2.05) is 58.0 Å². The third-order valence-corrected chi connectivity index (χ3v) is 3.39. The number of likely N-dealkylation sites (N-methyl/N-ethyl adjacent to an activating group) is 1. The average molecular weight is 307 g/mol. The third kappa shape index (κ3) is 5.56. The Morgan fingerprint density at radius 3 is 2.36 bits per heavy atom. The number of hydrogen-bond donors (Lipinski definition) is 2. The third-order valence-electron chi connectivity index (χ3n) is 3.39. The van der Waals surface area contributed by atoms with E-state index in [4.69, 9.17) is 10.5 Å². The van der Waals surface area contributed by atoms with Crippen LogP contribution in [0.25, 0.3) is 0 Å². The summed E-state index contributed by atoms with van der Waals surface area (Å²) in [7, 11) is 0. The Kier molecular flexibility index (Phi) is 6.68. The minimum absolute atomic E-state index is 0.0000756. The Balaban J connectivity index is 2.78. The van der Waals surface area contributed by atoms with Crippen molar-refractivity contribution in [3.05, 3.63) is 30.3 Å². The lowest BCUT2D eigenvalue weighted by Gasteiger charge is -2.36. The summed E-state index contributed by atoms with van der Waals surface area (Å²) >= 11 is 0. The minimum atomic E-state index is -0.508. The van der Waals surface area contributed by atoms with Crippen LogP contribution in [0.15, 0.2) is 30.3 Å². The van der Waals surface area contributed by atoms with E-state index in [0.29, 0.717) is 6.54 Å². The fraction of sp³-hybridized carbons (Fsp3) is 0.588. The number of carbonyl (C=O) groups excluding carboxylic acids is 1. The summed E-state index contributed by atoms with van der Waals surface area (Å²) in [5.74, 6) is 0. The van der Waals surface area contributed by atoms with Gasteiger partial charge in [-0.25, -0.2) is 4.79 Å². The SMILES string of the molecule is CCN(c1ccccc1)C(CN)C(C)NC(=O)OC(C)(C)C. The molecule has 2 atom stereocenters. The summed E-state index contributed by atoms with van der Waals surface area (Å²) in [4.78, 5) is 14.1. The molecule has 0 aliphatic carbocycles. The molecule has 0 aliphatic rings. The lowest BCUT2D eigenvalue weighted by Crippen LogP contribution is -2.54. The Labute approximate surface area is 133 Å². The second-order valence-corrected chi connectivity index (χ2v) is 6.36. The molecule has 0 bridgehead atoms. The van der Waals surface area contributed by atoms with Crippen molar-refractivity contribution >= 4 is 11.8 Å². The van der Waals surface area contributed by atoms with Crippen LogP contribution in [0.4, 0.5) is 10.5 Å². The molecule has 0 aromatic heterocycles. The van der Waals surface area contributed by atoms with Gasteiger partial charge >= 0.3 is 6.09 Å². The zero-order valence-electron chi connectivity index (χ0n) is 14.3. The van der Waals surface area contributed by atoms with Crippen molar-refractivity contribution in [3.63, 3.8) is 0 Å². The lowest BCUT2D eigenvalue weighted by molar-refractivity contribution is 0.0502. The second-order valence-electron chi connectivity index (χ2n) is 6.36. The topological polar surface area (TPSA) is 67.6 Å². The maximum atomic E-state index is 11.9. The molecule has 0 spiro atoms. The molecule has 0 fully saturated rings. The quantitative estimate of drug-likeness (QED) is 0.848. The molecule has 5 nitrogen and oxygen atoms in total. The summed E-state index contributed by atoms with van der Waals surface area (Å²) in [5.41, 5.74) is 6.54. The molecule has 0 radical (unpaired) electrons. The van der Waals surface area contributed by atoms with Crippen molar-refractivity contribution in [1.29, 1.82) is 0 Å². The van der Waals surface area contributed by atoms with E-state index in [-0.39, 0.29) is 12.1 Å². The first-order chi connectivity index (χ1) is 10.3. The van der Waals surface area contributed by atoms with E-state index >= 15 is 0 Å². The zero-order valence-corrected chi connectivity index (χ0v) is 14.3. The van der Waals surface area contributed by atoms with Crippen LogP contribution >= 0.6 is 0 Å². The van der Waals surface area contributed by atoms with Crippen molar-refractivity contribution < 1.29 is 9.53 Å². The number of anilines is 1. The second kappa shape index (κ2) is 8.03. The van der Waals surface area contributed by atoms with Gasteiger partial charge in [-0.15, -0.1) is 0 Å². The van der Waals surface area contributed by atoms with E-state index in [0.717, 1.165) is 12.2 Å². The summed E-state index contributed by atoms with van der Waals surface area (Å²) in [6.45, 7) is 10.8. The van der Waals surface area contributed by atoms with E-state index < -0.39 is 11.7 Å². The van der Waals surface area contributed by atoms with Crippen LogP contribution in [0.5, 0.6) is 0 Å². The van der Waals surface area contributed by atoms with Gasteiger partial charge in [0.05, 0.1) is 12.1 Å². The average Bonchev–Trinajstić information content (AvgIpc) is 2.43. The summed E-state index contributed by atoms with van der Waals surface area (Å²) in [6.07, 6.45) is -0.414. The van der Waals surface area contributed by atoms with Gasteiger partial charge in [-0.05, 0) is 46.8 Å². The fourth-order valence-electron chi connectivity index (χ4n) is 2.42. The van der Waals surface area contributed by atoms with E-state index in [1.165, 1.54) is 0 Å². The van der Waals surface area contributed by atoms with E-state index in [9.17, 15) is 4.79 Å². The maximum absolute atomic E-state index is 11.9. The molecule has 0 saturated carbocycles. The van der Waals surface area contributed by atoms with Crippen LogP contribution in [0, 0.1) is 0 Å². The molecule has 1 aromatic rings. The molecule has 5 heteroatoms. The van der Waals surface area contributed by atoms with Gasteiger partial charge in [-0.3, -0.25) is 0 Å². The smallest absolute Gasteiger partial charge is 0.407 e. The van der Waals surface area contributed by atoms with Crippen LogP contribution in [0.3, 0.4) is 0 Å². The number of benzene rings is 1. The molecule has 2 unspecified atom stereocenters. The summed E-state index contributed by atoms with van der Waals surface area (Å²) in [5, 5.41) is 2.89. The molecule has 0 aliphatic heterocycles. The minimum Gasteiger partial charge on any atom is -0.444 e. The predicted octanol–water partition coefficient (Wildman–Crippen LogP) is 2.75. The molecule has 22 heavy (non-hydrogen) atoms. The number of nitrogens with one attached hydrogen (secondary N) is 1. The highest BCUT2D eigenvalue weighted by Gasteiger charge is 2.26. The van der Waals surface area contributed by atoms with Crippen LogP contribution in [0.1, 0.15) is 34.6 Å². The largest absolute Gasteiger partial charge is 0.444 e. The van der Waals surface area contributed by atoms with Gasteiger partial charge in [0.1, 0.15) is 5.60 Å². The monoisotopic (exact) mass is 307 g/mol. The zero-order chi connectivity index (χ0) is 16.8. The van der Waals surface area contributed by atoms with E-state index in [2.05, 4.69) is 17.1 Å². The van der Waals surface area contributed by atoms with Crippen LogP contribution in [-0.4, -0.2) is 36.9 Å². The number of hydrogen-bond acceptors (Lipinski definition) is 4. The molecule has 0 saturated heterocycles. The summed E-state index contributed by atoms with van der Waals surface area (Å²) < 4.78 is 5.31. The first-order valence-electron chi connectivity index (χ1n) is 7.79. The van der Waals surface area contributed by atoms with Gasteiger partial charge in [-0.2, -0.15) is 0 Å². The number of ether oxygens (including phenoxy) is 1. The van der Waals surface area contributed by atoms with Crippen molar-refractivity contribution in [3.8, 4) is 0 Å². The van der Waals surface area contributed by atoms with Gasteiger partial charge in [-0.1, -0.05) is 18.2 Å². The van der Waals surface area contributed by atoms with E-state index in [1.54, 1.807) is 0 Å². The van der Waals surface area contributed by atoms with Gasteiger partial charge < -0.3 is 20.7 Å². The molecule has 1 amide bonds. The Morgan fingerprint density at radius 1 is 1.32 bits per heavy atom. The molecule has 124 valence electrons. The molecule has 0 heterocycles. The van der Waals surface area contributed by atoms with Crippen molar-refractivity contribution in [2.24, 2.45) is 5.73 Å². The van der Waals surface area contributed by atoms with Crippen molar-refractivity contribution in [1.82, 2.24) is 5.32 Å². The van der Waals surface area contributed by atoms with Gasteiger partial charge in [0.2, 0.25) is 0 Å². The predicted molar refractivity (Wildman–Crippen MR) is 91.1 cm³/mol. The highest BCUT2D eigenvalue weighted by atomic mass is 16.6. The Morgan fingerprint density at radius 2 is 1.91 bits per heavy atom. The van der Waals surface area contributed by atoms with Crippen LogP contribution in [0.2, 0.25) is 0 Å². The molecule has 1 aromatic carbocycles. The van der Waals surface area contributed by atoms with Gasteiger partial charge in [0.15, 0.2) is 0 Å². The van der Waals surface area contributed by atoms with Crippen molar-refractivity contribution in [2.75, 3.05) is 18.0 Å². The Bertz CT molecular complexity index is 457. The number of nitrogens with two attached hydrogens (primary N) is 1. The van der Waals surface area contributed by atoms with Crippen molar-refractivity contribution in [2.45, 2.75) is 52.3 Å². The number of carbonyl (C=O) groups is 1. The normalized spacial score (nSPS) is 14.1. The fourth-order valence-corrected chi connectivity index (χ4v) is 2.42. The summed E-state index contributed by atoms with van der Waals surface area (Å²) in [6, 6.07) is 9.95. The van der Waals surface area contributed by atoms with Gasteiger partial charge in [0, 0.05) is 18.8 Å². The lowest BCUT2D eigenvalue weighted by atomic mass is 10.1. The number of alkyl carbamates (subject to hydrolysis) is 1. The first kappa shape index (κ1) is 18.3. The molecular weight excluding hydrogens is 278 g/mol. The van der Waals surface area contributed by atoms with Gasteiger partial charge in [0.25, 0.3) is 0 Å². The number of nitrogens with zero attached hydrogens (tertiary/aromatic N) is 1. The number of rotatable bonds is 6. The molecular formula is C17H29N3O2. The maximum Gasteiger partial charge on any atom is 0.407 e. The standard InChI is InChI=1S/C17H29N3O2/c1-6-20(14-10-8-7-9-11-14)15(12-18)13(2)19-16(21)22-17(3,4)5/h7-11,13,15H,6,12,18H2,1-5H3,(H,19,21). The van der Waals surface area contributed by atoms with Crippen LogP contribution in [-0.2, 0) is 4.74 Å². The molecule has 1 rings (SSSR count). The number of para-hydroxylation sites is 1. The Hall–Kier alpha value is -1.75. The highest BCUT2D eigenvalue weighted by molar-refractivity contribution is 5.68. The highest BCUT2D eigenvalue weighted by Crippen LogP contribution is 2.18. The van der Waals surface area contributed by atoms with Crippen LogP contribution < -0.4 is 16.0 Å². The number of amides is 1.